The SMILES string of the molecule is CCNC(=O)N1CCNC(=O)[C@@H]1CC(=O)N1CCN(c2ccccc2)CC1. The lowest BCUT2D eigenvalue weighted by atomic mass is 10.1. The molecule has 3 rings (SSSR count). The molecule has 1 aromatic rings. The van der Waals surface area contributed by atoms with Crippen molar-refractivity contribution in [3.63, 3.8) is 0 Å². The number of rotatable bonds is 4. The van der Waals surface area contributed by atoms with Gasteiger partial charge in [-0.15, -0.1) is 0 Å². The van der Waals surface area contributed by atoms with Crippen LogP contribution in [0.5, 0.6) is 0 Å². The summed E-state index contributed by atoms with van der Waals surface area (Å²) in [7, 11) is 0. The summed E-state index contributed by atoms with van der Waals surface area (Å²) < 4.78 is 0. The smallest absolute Gasteiger partial charge is 0.318 e. The topological polar surface area (TPSA) is 85.0 Å². The normalized spacial score (nSPS) is 20.3. The summed E-state index contributed by atoms with van der Waals surface area (Å²) in [6.45, 7) is 5.88. The van der Waals surface area contributed by atoms with Crippen LogP contribution in [0.2, 0.25) is 0 Å². The van der Waals surface area contributed by atoms with Gasteiger partial charge in [0.05, 0.1) is 6.42 Å². The van der Waals surface area contributed by atoms with Gasteiger partial charge < -0.3 is 25.3 Å². The zero-order valence-electron chi connectivity index (χ0n) is 15.7. The van der Waals surface area contributed by atoms with E-state index >= 15 is 0 Å². The Morgan fingerprint density at radius 1 is 1.11 bits per heavy atom. The van der Waals surface area contributed by atoms with Gasteiger partial charge in [0, 0.05) is 51.5 Å². The summed E-state index contributed by atoms with van der Waals surface area (Å²) in [5, 5.41) is 5.47. The standard InChI is InChI=1S/C19H27N5O3/c1-2-20-19(27)24-9-8-21-18(26)16(24)14-17(25)23-12-10-22(11-13-23)15-6-4-3-5-7-15/h3-7,16H,2,8-14H2,1H3,(H,20,27)(H,21,26)/t16-/m0/s1. The fourth-order valence-corrected chi connectivity index (χ4v) is 3.56. The van der Waals surface area contributed by atoms with Crippen LogP contribution in [0.1, 0.15) is 13.3 Å². The first-order valence-electron chi connectivity index (χ1n) is 9.50. The van der Waals surface area contributed by atoms with Crippen molar-refractivity contribution in [2.24, 2.45) is 0 Å². The van der Waals surface area contributed by atoms with E-state index in [4.69, 9.17) is 0 Å². The Balaban J connectivity index is 1.57. The molecule has 2 N–H and O–H groups in total. The van der Waals surface area contributed by atoms with Crippen LogP contribution in [-0.4, -0.2) is 79.5 Å². The number of hydrogen-bond donors (Lipinski definition) is 2. The molecule has 0 bridgehead atoms. The van der Waals surface area contributed by atoms with Crippen LogP contribution >= 0.6 is 0 Å². The number of nitrogens with zero attached hydrogens (tertiary/aromatic N) is 3. The largest absolute Gasteiger partial charge is 0.368 e. The van der Waals surface area contributed by atoms with Crippen molar-refractivity contribution in [1.29, 1.82) is 0 Å². The summed E-state index contributed by atoms with van der Waals surface area (Å²) >= 11 is 0. The summed E-state index contributed by atoms with van der Waals surface area (Å²) in [6, 6.07) is 9.08. The number of anilines is 1. The first-order chi connectivity index (χ1) is 13.1. The van der Waals surface area contributed by atoms with E-state index in [9.17, 15) is 14.4 Å². The van der Waals surface area contributed by atoms with Gasteiger partial charge in [0.2, 0.25) is 11.8 Å². The molecule has 0 radical (unpaired) electrons. The van der Waals surface area contributed by atoms with Crippen molar-refractivity contribution >= 4 is 23.5 Å². The lowest BCUT2D eigenvalue weighted by Gasteiger charge is -2.38. The van der Waals surface area contributed by atoms with Crippen LogP contribution in [0.15, 0.2) is 30.3 Å². The molecule has 27 heavy (non-hydrogen) atoms. The summed E-state index contributed by atoms with van der Waals surface area (Å²) in [6.07, 6.45) is 0.0221. The monoisotopic (exact) mass is 373 g/mol. The van der Waals surface area contributed by atoms with Crippen molar-refractivity contribution < 1.29 is 14.4 Å². The Morgan fingerprint density at radius 3 is 2.48 bits per heavy atom. The molecule has 1 atom stereocenters. The van der Waals surface area contributed by atoms with Crippen LogP contribution < -0.4 is 15.5 Å². The van der Waals surface area contributed by atoms with Crippen molar-refractivity contribution in [2.75, 3.05) is 50.7 Å². The van der Waals surface area contributed by atoms with E-state index in [0.29, 0.717) is 32.7 Å². The number of benzene rings is 1. The zero-order valence-corrected chi connectivity index (χ0v) is 15.7. The number of piperazine rings is 2. The lowest BCUT2D eigenvalue weighted by molar-refractivity contribution is -0.137. The Morgan fingerprint density at radius 2 is 1.81 bits per heavy atom. The molecule has 1 aromatic carbocycles. The molecule has 2 heterocycles. The van der Waals surface area contributed by atoms with Crippen LogP contribution in [0.3, 0.4) is 0 Å². The summed E-state index contributed by atoms with van der Waals surface area (Å²) in [5.41, 5.74) is 1.15. The van der Waals surface area contributed by atoms with Gasteiger partial charge in [-0.2, -0.15) is 0 Å². The quantitative estimate of drug-likeness (QED) is 0.793. The second kappa shape index (κ2) is 8.75. The highest BCUT2D eigenvalue weighted by Gasteiger charge is 2.36. The van der Waals surface area contributed by atoms with E-state index in [1.165, 1.54) is 4.90 Å². The van der Waals surface area contributed by atoms with Gasteiger partial charge in [0.1, 0.15) is 6.04 Å². The predicted octanol–water partition coefficient (Wildman–Crippen LogP) is 0.255. The molecule has 2 fully saturated rings. The van der Waals surface area contributed by atoms with E-state index in [-0.39, 0.29) is 24.3 Å². The number of carbonyl (C=O) groups is 3. The molecule has 0 saturated carbocycles. The van der Waals surface area contributed by atoms with Crippen LogP contribution in [0.4, 0.5) is 10.5 Å². The third-order valence-corrected chi connectivity index (χ3v) is 5.04. The van der Waals surface area contributed by atoms with E-state index in [1.807, 2.05) is 25.1 Å². The van der Waals surface area contributed by atoms with E-state index in [1.54, 1.807) is 4.90 Å². The summed E-state index contributed by atoms with van der Waals surface area (Å²) in [4.78, 5) is 42.7. The third-order valence-electron chi connectivity index (χ3n) is 5.04. The van der Waals surface area contributed by atoms with Gasteiger partial charge in [0.15, 0.2) is 0 Å². The highest BCUT2D eigenvalue weighted by molar-refractivity contribution is 5.92. The third kappa shape index (κ3) is 4.50. The molecule has 0 aromatic heterocycles. The summed E-state index contributed by atoms with van der Waals surface area (Å²) in [5.74, 6) is -0.345. The Bertz CT molecular complexity index is 673. The number of hydrogen-bond acceptors (Lipinski definition) is 4. The van der Waals surface area contributed by atoms with Crippen LogP contribution in [0, 0.1) is 0 Å². The maximum Gasteiger partial charge on any atom is 0.318 e. The van der Waals surface area contributed by atoms with E-state index < -0.39 is 6.04 Å². The maximum absolute atomic E-state index is 12.8. The molecule has 8 heteroatoms. The number of carbonyl (C=O) groups excluding carboxylic acids is 3. The Hall–Kier alpha value is -2.77. The molecule has 0 spiro atoms. The highest BCUT2D eigenvalue weighted by Crippen LogP contribution is 2.17. The first-order valence-corrected chi connectivity index (χ1v) is 9.50. The minimum atomic E-state index is -0.745. The minimum Gasteiger partial charge on any atom is -0.368 e. The van der Waals surface area contributed by atoms with Gasteiger partial charge in [-0.1, -0.05) is 18.2 Å². The Kier molecular flexibility index (Phi) is 6.16. The number of amides is 4. The zero-order chi connectivity index (χ0) is 19.2. The number of nitrogens with one attached hydrogen (secondary N) is 2. The Labute approximate surface area is 159 Å². The molecule has 2 aliphatic heterocycles. The lowest BCUT2D eigenvalue weighted by Crippen LogP contribution is -2.61. The number of urea groups is 1. The molecule has 0 aliphatic carbocycles. The van der Waals surface area contributed by atoms with Gasteiger partial charge >= 0.3 is 6.03 Å². The molecular weight excluding hydrogens is 346 g/mol. The fourth-order valence-electron chi connectivity index (χ4n) is 3.56. The minimum absolute atomic E-state index is 0.0221. The van der Waals surface area contributed by atoms with Gasteiger partial charge in [-0.25, -0.2) is 4.79 Å². The van der Waals surface area contributed by atoms with Crippen molar-refractivity contribution in [1.82, 2.24) is 20.4 Å². The molecule has 0 unspecified atom stereocenters. The number of para-hydroxylation sites is 1. The van der Waals surface area contributed by atoms with E-state index in [2.05, 4.69) is 27.7 Å². The molecule has 2 saturated heterocycles. The van der Waals surface area contributed by atoms with E-state index in [0.717, 1.165) is 18.8 Å². The van der Waals surface area contributed by atoms with Crippen molar-refractivity contribution in [3.8, 4) is 0 Å². The second-order valence-corrected chi connectivity index (χ2v) is 6.74. The maximum atomic E-state index is 12.8. The van der Waals surface area contributed by atoms with Crippen molar-refractivity contribution in [3.05, 3.63) is 30.3 Å². The van der Waals surface area contributed by atoms with Gasteiger partial charge in [-0.05, 0) is 19.1 Å². The molecule has 2 aliphatic rings. The molecule has 4 amide bonds. The van der Waals surface area contributed by atoms with Crippen LogP contribution in [-0.2, 0) is 9.59 Å². The van der Waals surface area contributed by atoms with Crippen LogP contribution in [0.25, 0.3) is 0 Å². The van der Waals surface area contributed by atoms with Gasteiger partial charge in [0.25, 0.3) is 0 Å². The molecule has 146 valence electrons. The first kappa shape index (κ1) is 19.0. The fraction of sp³-hybridized carbons (Fsp3) is 0.526. The van der Waals surface area contributed by atoms with Crippen molar-refractivity contribution in [2.45, 2.75) is 19.4 Å². The highest BCUT2D eigenvalue weighted by atomic mass is 16.2. The van der Waals surface area contributed by atoms with Gasteiger partial charge in [-0.3, -0.25) is 9.59 Å². The second-order valence-electron chi connectivity index (χ2n) is 6.74. The predicted molar refractivity (Wildman–Crippen MR) is 102 cm³/mol. The average Bonchev–Trinajstić information content (AvgIpc) is 2.70. The average molecular weight is 373 g/mol. The molecule has 8 nitrogen and oxygen atoms in total. The molecular formula is C19H27N5O3.